The molecule has 1 fully saturated rings. The molecule has 1 aliphatic carbocycles. The van der Waals surface area contributed by atoms with Crippen LogP contribution in [0.1, 0.15) is 25.3 Å². The number of thiophene rings is 1. The summed E-state index contributed by atoms with van der Waals surface area (Å²) in [5, 5.41) is 18.5. The highest BCUT2D eigenvalue weighted by atomic mass is 32.1. The van der Waals surface area contributed by atoms with Crippen LogP contribution in [0.2, 0.25) is 0 Å². The third kappa shape index (κ3) is 2.72. The highest BCUT2D eigenvalue weighted by Gasteiger charge is 2.25. The molecular weight excluding hydrogens is 398 g/mol. The normalized spacial score (nSPS) is 19.2. The fourth-order valence-electron chi connectivity index (χ4n) is 4.33. The van der Waals surface area contributed by atoms with Crippen LogP contribution in [-0.4, -0.2) is 31.0 Å². The molecule has 7 nitrogen and oxygen atoms in total. The molecule has 0 bridgehead atoms. The van der Waals surface area contributed by atoms with Gasteiger partial charge in [0.1, 0.15) is 5.76 Å². The van der Waals surface area contributed by atoms with Crippen LogP contribution in [0.15, 0.2) is 52.9 Å². The first-order chi connectivity index (χ1) is 14.7. The molecule has 0 aromatic carbocycles. The number of hydrogen-bond donors (Lipinski definition) is 2. The van der Waals surface area contributed by atoms with Crippen LogP contribution in [0.5, 0.6) is 0 Å². The van der Waals surface area contributed by atoms with Crippen molar-refractivity contribution < 1.29 is 9.52 Å². The molecule has 0 spiro atoms. The maximum atomic E-state index is 9.84. The minimum absolute atomic E-state index is 0.233. The maximum Gasteiger partial charge on any atom is 0.177 e. The number of rotatable bonds is 3. The standard InChI is InChI=1S/C22H19N5O2S/c23-22-21-16(6-19(29-21)18-11-30-20-9-24-4-3-15(18)20)17(8-25-22)12-7-26-27(10-12)13-1-2-14(28)5-13/h3-4,6-11,13-14,28H,1-2,5H2,(H2,23,25)/t13-,14-/m1/s1. The van der Waals surface area contributed by atoms with E-state index < -0.39 is 0 Å². The van der Waals surface area contributed by atoms with Crippen molar-refractivity contribution in [1.29, 1.82) is 0 Å². The Morgan fingerprint density at radius 3 is 2.97 bits per heavy atom. The van der Waals surface area contributed by atoms with Crippen molar-refractivity contribution in [2.45, 2.75) is 31.4 Å². The molecule has 5 heterocycles. The molecule has 2 atom stereocenters. The molecular formula is C22H19N5O2S. The molecule has 8 heteroatoms. The van der Waals surface area contributed by atoms with E-state index in [4.69, 9.17) is 10.2 Å². The SMILES string of the molecule is Nc1ncc(-c2cnn([C@@H]3CC[C@@H](O)C3)c2)c2cc(-c3csc4cnccc34)oc12. The average Bonchev–Trinajstić information content (AvgIpc) is 3.53. The van der Waals surface area contributed by atoms with E-state index >= 15 is 0 Å². The number of furan rings is 1. The molecule has 0 aliphatic heterocycles. The van der Waals surface area contributed by atoms with E-state index in [-0.39, 0.29) is 12.1 Å². The van der Waals surface area contributed by atoms with E-state index in [0.717, 1.165) is 57.2 Å². The Morgan fingerprint density at radius 2 is 2.10 bits per heavy atom. The summed E-state index contributed by atoms with van der Waals surface area (Å²) in [5.41, 5.74) is 9.64. The van der Waals surface area contributed by atoms with Gasteiger partial charge in [0.15, 0.2) is 11.4 Å². The van der Waals surface area contributed by atoms with Crippen LogP contribution >= 0.6 is 11.3 Å². The van der Waals surface area contributed by atoms with Gasteiger partial charge in [0.2, 0.25) is 0 Å². The van der Waals surface area contributed by atoms with Crippen molar-refractivity contribution in [3.8, 4) is 22.5 Å². The Bertz CT molecular complexity index is 1380. The van der Waals surface area contributed by atoms with Crippen molar-refractivity contribution in [2.75, 3.05) is 5.73 Å². The maximum absolute atomic E-state index is 9.84. The zero-order chi connectivity index (χ0) is 20.2. The molecule has 0 amide bonds. The van der Waals surface area contributed by atoms with Crippen molar-refractivity contribution in [1.82, 2.24) is 19.7 Å². The van der Waals surface area contributed by atoms with Crippen molar-refractivity contribution >= 4 is 38.2 Å². The summed E-state index contributed by atoms with van der Waals surface area (Å²) in [7, 11) is 0. The third-order valence-corrected chi connectivity index (χ3v) is 6.83. The van der Waals surface area contributed by atoms with Gasteiger partial charge in [-0.2, -0.15) is 5.10 Å². The Hall–Kier alpha value is -3.23. The van der Waals surface area contributed by atoms with Crippen LogP contribution < -0.4 is 5.73 Å². The van der Waals surface area contributed by atoms with E-state index in [0.29, 0.717) is 11.4 Å². The second-order valence-corrected chi connectivity index (χ2v) is 8.67. The Balaban J connectivity index is 1.46. The van der Waals surface area contributed by atoms with E-state index in [2.05, 4.69) is 20.4 Å². The topological polar surface area (TPSA) is 103 Å². The summed E-state index contributed by atoms with van der Waals surface area (Å²) >= 11 is 1.64. The van der Waals surface area contributed by atoms with Crippen molar-refractivity contribution in [2.24, 2.45) is 0 Å². The molecule has 0 saturated heterocycles. The van der Waals surface area contributed by atoms with Crippen LogP contribution in [0, 0.1) is 0 Å². The average molecular weight is 417 g/mol. The largest absolute Gasteiger partial charge is 0.452 e. The van der Waals surface area contributed by atoms with Crippen molar-refractivity contribution in [3.63, 3.8) is 0 Å². The number of nitrogens with zero attached hydrogens (tertiary/aromatic N) is 4. The molecule has 5 aromatic rings. The summed E-state index contributed by atoms with van der Waals surface area (Å²) in [6.45, 7) is 0. The zero-order valence-electron chi connectivity index (χ0n) is 16.0. The second-order valence-electron chi connectivity index (χ2n) is 7.76. The van der Waals surface area contributed by atoms with Crippen LogP contribution in [0.25, 0.3) is 43.5 Å². The highest BCUT2D eigenvalue weighted by Crippen LogP contribution is 2.40. The number of fused-ring (bicyclic) bond motifs is 2. The lowest BCUT2D eigenvalue weighted by atomic mass is 10.1. The number of nitrogens with two attached hydrogens (primary N) is 1. The Labute approximate surface area is 175 Å². The smallest absolute Gasteiger partial charge is 0.177 e. The molecule has 5 aromatic heterocycles. The molecule has 6 rings (SSSR count). The summed E-state index contributed by atoms with van der Waals surface area (Å²) in [6, 6.07) is 4.26. The van der Waals surface area contributed by atoms with Gasteiger partial charge in [-0.3, -0.25) is 9.67 Å². The minimum Gasteiger partial charge on any atom is -0.452 e. The number of aromatic nitrogens is 4. The summed E-state index contributed by atoms with van der Waals surface area (Å²) in [4.78, 5) is 8.55. The lowest BCUT2D eigenvalue weighted by Crippen LogP contribution is -2.07. The second kappa shape index (κ2) is 6.65. The predicted octanol–water partition coefficient (Wildman–Crippen LogP) is 4.64. The summed E-state index contributed by atoms with van der Waals surface area (Å²) in [6.07, 6.45) is 11.6. The monoisotopic (exact) mass is 417 g/mol. The fourth-order valence-corrected chi connectivity index (χ4v) is 5.25. The van der Waals surface area contributed by atoms with Gasteiger partial charge in [-0.15, -0.1) is 11.3 Å². The molecule has 0 radical (unpaired) electrons. The zero-order valence-corrected chi connectivity index (χ0v) is 16.8. The van der Waals surface area contributed by atoms with Crippen molar-refractivity contribution in [3.05, 3.63) is 48.5 Å². The van der Waals surface area contributed by atoms with Gasteiger partial charge in [-0.05, 0) is 31.4 Å². The number of pyridine rings is 2. The van der Waals surface area contributed by atoms with Gasteiger partial charge in [-0.25, -0.2) is 4.98 Å². The van der Waals surface area contributed by atoms with E-state index in [1.165, 1.54) is 0 Å². The number of aliphatic hydroxyl groups is 1. The third-order valence-electron chi connectivity index (χ3n) is 5.90. The first-order valence-corrected chi connectivity index (χ1v) is 10.8. The quantitative estimate of drug-likeness (QED) is 0.443. The lowest BCUT2D eigenvalue weighted by Gasteiger charge is -2.09. The van der Waals surface area contributed by atoms with Crippen LogP contribution in [0.3, 0.4) is 0 Å². The van der Waals surface area contributed by atoms with Gasteiger partial charge in [-0.1, -0.05) is 0 Å². The molecule has 150 valence electrons. The van der Waals surface area contributed by atoms with Gasteiger partial charge >= 0.3 is 0 Å². The van der Waals surface area contributed by atoms with Gasteiger partial charge in [0.25, 0.3) is 0 Å². The minimum atomic E-state index is -0.236. The lowest BCUT2D eigenvalue weighted by molar-refractivity contribution is 0.177. The Morgan fingerprint density at radius 1 is 1.17 bits per heavy atom. The first kappa shape index (κ1) is 17.6. The number of hydrogen-bond acceptors (Lipinski definition) is 7. The van der Waals surface area contributed by atoms with Gasteiger partial charge in [0.05, 0.1) is 23.0 Å². The highest BCUT2D eigenvalue weighted by molar-refractivity contribution is 7.17. The molecule has 1 aliphatic rings. The molecule has 1 saturated carbocycles. The predicted molar refractivity (Wildman–Crippen MR) is 117 cm³/mol. The molecule has 3 N–H and O–H groups in total. The van der Waals surface area contributed by atoms with Crippen LogP contribution in [-0.2, 0) is 0 Å². The van der Waals surface area contributed by atoms with E-state index in [1.54, 1.807) is 23.7 Å². The first-order valence-electron chi connectivity index (χ1n) is 9.89. The summed E-state index contributed by atoms with van der Waals surface area (Å²) in [5.74, 6) is 1.13. The van der Waals surface area contributed by atoms with E-state index in [9.17, 15) is 5.11 Å². The number of nitrogen functional groups attached to an aromatic ring is 1. The van der Waals surface area contributed by atoms with E-state index in [1.807, 2.05) is 35.4 Å². The van der Waals surface area contributed by atoms with Gasteiger partial charge < -0.3 is 15.3 Å². The molecule has 30 heavy (non-hydrogen) atoms. The van der Waals surface area contributed by atoms with Crippen LogP contribution in [0.4, 0.5) is 5.82 Å². The number of anilines is 1. The fraction of sp³-hybridized carbons (Fsp3) is 0.227. The Kier molecular flexibility index (Phi) is 3.90. The molecule has 0 unspecified atom stereocenters. The van der Waals surface area contributed by atoms with Gasteiger partial charge in [0, 0.05) is 57.6 Å². The number of aliphatic hydroxyl groups excluding tert-OH is 1. The summed E-state index contributed by atoms with van der Waals surface area (Å²) < 4.78 is 9.24.